The normalized spacial score (nSPS) is 15.6. The molecule has 0 bridgehead atoms. The number of hydrogen-bond acceptors (Lipinski definition) is 5. The molecular formula is C25H21BrN2O2S2. The van der Waals surface area contributed by atoms with E-state index in [1.807, 2.05) is 54.6 Å². The van der Waals surface area contributed by atoms with Crippen LogP contribution in [0.2, 0.25) is 0 Å². The molecule has 2 aromatic heterocycles. The minimum absolute atomic E-state index is 0.00996. The van der Waals surface area contributed by atoms with Crippen LogP contribution in [0, 0.1) is 5.92 Å². The summed E-state index contributed by atoms with van der Waals surface area (Å²) in [5, 5.41) is 1.31. The molecule has 32 heavy (non-hydrogen) atoms. The molecule has 5 rings (SSSR count). The second-order valence-electron chi connectivity index (χ2n) is 8.12. The molecule has 0 unspecified atom stereocenters. The number of thioether (sulfide) groups is 1. The molecule has 0 radical (unpaired) electrons. The number of benzene rings is 2. The van der Waals surface area contributed by atoms with Crippen LogP contribution in [0.4, 0.5) is 0 Å². The molecule has 0 N–H and O–H groups in total. The summed E-state index contributed by atoms with van der Waals surface area (Å²) in [5.41, 5.74) is 2.56. The van der Waals surface area contributed by atoms with E-state index in [4.69, 9.17) is 4.98 Å². The molecule has 0 amide bonds. The lowest BCUT2D eigenvalue weighted by molar-refractivity contribution is 0.102. The number of hydrogen-bond donors (Lipinski definition) is 0. The standard InChI is InChI=1S/C25H21BrN2O2S2/c1-15-7-12-19-21(13-15)32-23-22(19)24(30)28(18-5-3-2-4-6-18)25(27-23)31-14-20(29)16-8-10-17(26)11-9-16/h2-6,8-11,15H,7,12-14H2,1H3/t15-/m0/s1. The van der Waals surface area contributed by atoms with Crippen molar-refractivity contribution in [2.45, 2.75) is 31.3 Å². The van der Waals surface area contributed by atoms with Crippen molar-refractivity contribution in [3.05, 3.63) is 85.4 Å². The summed E-state index contributed by atoms with van der Waals surface area (Å²) in [6.07, 6.45) is 3.03. The molecule has 1 atom stereocenters. The average Bonchev–Trinajstić information content (AvgIpc) is 3.16. The summed E-state index contributed by atoms with van der Waals surface area (Å²) >= 11 is 6.36. The Hall–Kier alpha value is -2.22. The van der Waals surface area contributed by atoms with E-state index in [-0.39, 0.29) is 17.1 Å². The van der Waals surface area contributed by atoms with E-state index in [1.54, 1.807) is 15.9 Å². The van der Waals surface area contributed by atoms with Gasteiger partial charge >= 0.3 is 0 Å². The lowest BCUT2D eigenvalue weighted by Crippen LogP contribution is -2.23. The van der Waals surface area contributed by atoms with Gasteiger partial charge in [-0.25, -0.2) is 4.98 Å². The number of aryl methyl sites for hydroxylation is 1. The number of thiophene rings is 1. The lowest BCUT2D eigenvalue weighted by Gasteiger charge is -2.17. The smallest absolute Gasteiger partial charge is 0.267 e. The zero-order chi connectivity index (χ0) is 22.2. The fourth-order valence-electron chi connectivity index (χ4n) is 4.12. The summed E-state index contributed by atoms with van der Waals surface area (Å²) in [6, 6.07) is 16.9. The van der Waals surface area contributed by atoms with Crippen LogP contribution in [0.25, 0.3) is 15.9 Å². The third kappa shape index (κ3) is 4.09. The van der Waals surface area contributed by atoms with Gasteiger partial charge < -0.3 is 0 Å². The Kier molecular flexibility index (Phi) is 6.05. The zero-order valence-corrected chi connectivity index (χ0v) is 20.7. The predicted molar refractivity (Wildman–Crippen MR) is 136 cm³/mol. The van der Waals surface area contributed by atoms with E-state index < -0.39 is 0 Å². The van der Waals surface area contributed by atoms with E-state index in [9.17, 15) is 9.59 Å². The number of carbonyl (C=O) groups is 1. The van der Waals surface area contributed by atoms with Gasteiger partial charge in [0.05, 0.1) is 16.8 Å². The summed E-state index contributed by atoms with van der Waals surface area (Å²) < 4.78 is 2.61. The Labute approximate surface area is 202 Å². The monoisotopic (exact) mass is 524 g/mol. The molecule has 4 aromatic rings. The molecule has 0 spiro atoms. The molecule has 2 aromatic carbocycles. The molecule has 0 aliphatic heterocycles. The maximum absolute atomic E-state index is 13.7. The number of para-hydroxylation sites is 1. The molecule has 1 aliphatic carbocycles. The second kappa shape index (κ2) is 8.96. The molecule has 0 saturated heterocycles. The average molecular weight is 525 g/mol. The van der Waals surface area contributed by atoms with Crippen LogP contribution in [0.5, 0.6) is 0 Å². The Morgan fingerprint density at radius 2 is 1.94 bits per heavy atom. The van der Waals surface area contributed by atoms with Crippen LogP contribution >= 0.6 is 39.0 Å². The molecule has 1 aliphatic rings. The largest absolute Gasteiger partial charge is 0.293 e. The van der Waals surface area contributed by atoms with Gasteiger partial charge in [0.2, 0.25) is 0 Å². The van der Waals surface area contributed by atoms with Gasteiger partial charge in [-0.2, -0.15) is 0 Å². The number of halogens is 1. The SMILES string of the molecule is C[C@H]1CCc2c(sc3nc(SCC(=O)c4ccc(Br)cc4)n(-c4ccccc4)c(=O)c23)C1. The summed E-state index contributed by atoms with van der Waals surface area (Å²) in [6.45, 7) is 2.26. The first-order chi connectivity index (χ1) is 15.5. The number of Topliss-reactive ketones (excluding diaryl/α,β-unsaturated/α-hetero) is 1. The van der Waals surface area contributed by atoms with Gasteiger partial charge in [-0.15, -0.1) is 11.3 Å². The quantitative estimate of drug-likeness (QED) is 0.174. The van der Waals surface area contributed by atoms with E-state index in [0.717, 1.165) is 39.6 Å². The first-order valence-electron chi connectivity index (χ1n) is 10.6. The van der Waals surface area contributed by atoms with Gasteiger partial charge in [-0.3, -0.25) is 14.2 Å². The van der Waals surface area contributed by atoms with Crippen molar-refractivity contribution >= 4 is 55.0 Å². The van der Waals surface area contributed by atoms with Crippen molar-refractivity contribution in [2.75, 3.05) is 5.75 Å². The number of nitrogens with zero attached hydrogens (tertiary/aromatic N) is 2. The Bertz CT molecular complexity index is 1360. The minimum Gasteiger partial charge on any atom is -0.293 e. The number of fused-ring (bicyclic) bond motifs is 3. The van der Waals surface area contributed by atoms with Gasteiger partial charge in [0, 0.05) is 14.9 Å². The van der Waals surface area contributed by atoms with Gasteiger partial charge in [-0.05, 0) is 55.0 Å². The van der Waals surface area contributed by atoms with Crippen LogP contribution in [-0.2, 0) is 12.8 Å². The summed E-state index contributed by atoms with van der Waals surface area (Å²) in [7, 11) is 0. The van der Waals surface area contributed by atoms with Gasteiger partial charge in [0.25, 0.3) is 5.56 Å². The lowest BCUT2D eigenvalue weighted by atomic mass is 9.89. The maximum atomic E-state index is 13.7. The van der Waals surface area contributed by atoms with Crippen LogP contribution in [0.3, 0.4) is 0 Å². The fraction of sp³-hybridized carbons (Fsp3) is 0.240. The molecule has 2 heterocycles. The van der Waals surface area contributed by atoms with E-state index in [1.165, 1.54) is 22.2 Å². The van der Waals surface area contributed by atoms with Crippen molar-refractivity contribution in [1.29, 1.82) is 0 Å². The highest BCUT2D eigenvalue weighted by molar-refractivity contribution is 9.10. The fourth-order valence-corrected chi connectivity index (χ4v) is 6.72. The van der Waals surface area contributed by atoms with Crippen LogP contribution < -0.4 is 5.56 Å². The van der Waals surface area contributed by atoms with Crippen molar-refractivity contribution in [1.82, 2.24) is 9.55 Å². The predicted octanol–water partition coefficient (Wildman–Crippen LogP) is 6.31. The van der Waals surface area contributed by atoms with Crippen molar-refractivity contribution < 1.29 is 4.79 Å². The molecule has 0 saturated carbocycles. The molecule has 0 fully saturated rings. The van der Waals surface area contributed by atoms with Gasteiger partial charge in [-0.1, -0.05) is 64.9 Å². The van der Waals surface area contributed by atoms with Crippen molar-refractivity contribution in [3.8, 4) is 5.69 Å². The minimum atomic E-state index is -0.0353. The third-order valence-corrected chi connectivity index (χ3v) is 8.43. The molecule has 162 valence electrons. The van der Waals surface area contributed by atoms with Gasteiger partial charge in [0.15, 0.2) is 10.9 Å². The highest BCUT2D eigenvalue weighted by atomic mass is 79.9. The molecule has 4 nitrogen and oxygen atoms in total. The maximum Gasteiger partial charge on any atom is 0.267 e. The Balaban J connectivity index is 1.58. The van der Waals surface area contributed by atoms with Gasteiger partial charge in [0.1, 0.15) is 4.83 Å². The first-order valence-corrected chi connectivity index (χ1v) is 13.1. The first kappa shape index (κ1) is 21.6. The van der Waals surface area contributed by atoms with E-state index in [0.29, 0.717) is 16.6 Å². The molecule has 7 heteroatoms. The topological polar surface area (TPSA) is 52.0 Å². The number of rotatable bonds is 5. The third-order valence-electron chi connectivity index (χ3n) is 5.81. The number of aromatic nitrogens is 2. The number of carbonyl (C=O) groups excluding carboxylic acids is 1. The highest BCUT2D eigenvalue weighted by Gasteiger charge is 2.25. The zero-order valence-electron chi connectivity index (χ0n) is 17.5. The van der Waals surface area contributed by atoms with Crippen LogP contribution in [-0.4, -0.2) is 21.1 Å². The Morgan fingerprint density at radius 3 is 2.69 bits per heavy atom. The number of ketones is 1. The Morgan fingerprint density at radius 1 is 1.19 bits per heavy atom. The van der Waals surface area contributed by atoms with E-state index in [2.05, 4.69) is 22.9 Å². The van der Waals surface area contributed by atoms with Crippen molar-refractivity contribution in [3.63, 3.8) is 0 Å². The summed E-state index contributed by atoms with van der Waals surface area (Å²) in [5.74, 6) is 0.856. The highest BCUT2D eigenvalue weighted by Crippen LogP contribution is 2.37. The van der Waals surface area contributed by atoms with Crippen LogP contribution in [0.1, 0.15) is 34.1 Å². The summed E-state index contributed by atoms with van der Waals surface area (Å²) in [4.78, 5) is 33.5. The van der Waals surface area contributed by atoms with E-state index >= 15 is 0 Å². The van der Waals surface area contributed by atoms with Crippen molar-refractivity contribution in [2.24, 2.45) is 5.92 Å². The molecular weight excluding hydrogens is 504 g/mol. The van der Waals surface area contributed by atoms with Crippen LogP contribution in [0.15, 0.2) is 69.0 Å². The second-order valence-corrected chi connectivity index (χ2v) is 11.1.